The lowest BCUT2D eigenvalue weighted by molar-refractivity contribution is 0.0893. The smallest absolute Gasteiger partial charge is 0.196 e. The van der Waals surface area contributed by atoms with Gasteiger partial charge in [0.1, 0.15) is 5.82 Å². The van der Waals surface area contributed by atoms with Crippen LogP contribution in [0.1, 0.15) is 17.3 Å². The first-order valence-corrected chi connectivity index (χ1v) is 3.55. The molecule has 0 aliphatic carbocycles. The molecule has 1 rings (SSSR count). The van der Waals surface area contributed by atoms with Crippen LogP contribution in [0.15, 0.2) is 24.3 Å². The highest BCUT2D eigenvalue weighted by Crippen LogP contribution is 2.07. The van der Waals surface area contributed by atoms with Gasteiger partial charge in [-0.3, -0.25) is 4.79 Å². The van der Waals surface area contributed by atoms with Crippen LogP contribution in [-0.2, 0) is 0 Å². The number of hydrogen-bond acceptors (Lipinski definition) is 1. The van der Waals surface area contributed by atoms with Gasteiger partial charge in [0, 0.05) is 5.56 Å². The Kier molecular flexibility index (Phi) is 2.53. The lowest BCUT2D eigenvalue weighted by Gasteiger charge is -1.99. The van der Waals surface area contributed by atoms with Gasteiger partial charge in [-0.15, -0.1) is 0 Å². The van der Waals surface area contributed by atoms with Crippen molar-refractivity contribution in [3.8, 4) is 0 Å². The van der Waals surface area contributed by atoms with Crippen LogP contribution in [0.25, 0.3) is 0 Å². The van der Waals surface area contributed by atoms with Gasteiger partial charge in [0.25, 0.3) is 0 Å². The van der Waals surface area contributed by atoms with Crippen molar-refractivity contribution in [2.24, 2.45) is 0 Å². The molecule has 0 aliphatic heterocycles. The van der Waals surface area contributed by atoms with Crippen molar-refractivity contribution in [3.63, 3.8) is 0 Å². The molecule has 0 heterocycles. The van der Waals surface area contributed by atoms with E-state index in [9.17, 15) is 13.6 Å². The molecule has 1 aromatic carbocycles. The van der Waals surface area contributed by atoms with Gasteiger partial charge in [0.05, 0.1) is 0 Å². The summed E-state index contributed by atoms with van der Waals surface area (Å²) in [5.74, 6) is -1.05. The van der Waals surface area contributed by atoms with E-state index in [2.05, 4.69) is 0 Å². The molecule has 1 nitrogen and oxygen atoms in total. The van der Waals surface area contributed by atoms with E-state index in [0.717, 1.165) is 19.1 Å². The average Bonchev–Trinajstić information content (AvgIpc) is 2.04. The molecule has 0 N–H and O–H groups in total. The monoisotopic (exact) mass is 170 g/mol. The number of carbonyl (C=O) groups is 1. The van der Waals surface area contributed by atoms with Crippen LogP contribution in [0, 0.1) is 5.82 Å². The number of Topliss-reactive ketones (excluding diaryl/α,β-unsaturated/α-hetero) is 1. The van der Waals surface area contributed by atoms with Crippen LogP contribution in [0.3, 0.4) is 0 Å². The second-order valence-electron chi connectivity index (χ2n) is 2.49. The summed E-state index contributed by atoms with van der Waals surface area (Å²) in [4.78, 5) is 11.0. The minimum atomic E-state index is -1.53. The SMILES string of the molecule is C[C@@H](F)C(=O)c1ccc(F)cc1. The first-order chi connectivity index (χ1) is 5.61. The number of ketones is 1. The van der Waals surface area contributed by atoms with Crippen molar-refractivity contribution in [2.45, 2.75) is 13.1 Å². The number of halogens is 2. The molecule has 0 fully saturated rings. The van der Waals surface area contributed by atoms with Crippen molar-refractivity contribution >= 4 is 5.78 Å². The molecular weight excluding hydrogens is 162 g/mol. The Morgan fingerprint density at radius 3 is 2.25 bits per heavy atom. The Morgan fingerprint density at radius 1 is 1.33 bits per heavy atom. The van der Waals surface area contributed by atoms with E-state index in [1.807, 2.05) is 0 Å². The predicted molar refractivity (Wildman–Crippen MR) is 41.3 cm³/mol. The van der Waals surface area contributed by atoms with E-state index in [1.165, 1.54) is 12.1 Å². The van der Waals surface area contributed by atoms with Crippen molar-refractivity contribution in [1.82, 2.24) is 0 Å². The molecule has 1 aromatic rings. The molecule has 0 radical (unpaired) electrons. The molecule has 0 aliphatic rings. The molecule has 3 heteroatoms. The lowest BCUT2D eigenvalue weighted by atomic mass is 10.1. The maximum atomic E-state index is 12.4. The van der Waals surface area contributed by atoms with E-state index >= 15 is 0 Å². The third-order valence-electron chi connectivity index (χ3n) is 1.49. The number of benzene rings is 1. The summed E-state index contributed by atoms with van der Waals surface area (Å²) in [5, 5.41) is 0. The van der Waals surface area contributed by atoms with E-state index in [-0.39, 0.29) is 5.56 Å². The van der Waals surface area contributed by atoms with Gasteiger partial charge in [-0.05, 0) is 31.2 Å². The highest BCUT2D eigenvalue weighted by atomic mass is 19.1. The molecule has 0 unspecified atom stereocenters. The van der Waals surface area contributed by atoms with E-state index < -0.39 is 17.8 Å². The summed E-state index contributed by atoms with van der Waals surface area (Å²) in [7, 11) is 0. The summed E-state index contributed by atoms with van der Waals surface area (Å²) >= 11 is 0. The molecule has 0 saturated carbocycles. The number of carbonyl (C=O) groups excluding carboxylic acids is 1. The third-order valence-corrected chi connectivity index (χ3v) is 1.49. The van der Waals surface area contributed by atoms with Crippen LogP contribution in [-0.4, -0.2) is 12.0 Å². The van der Waals surface area contributed by atoms with Gasteiger partial charge in [0.2, 0.25) is 0 Å². The summed E-state index contributed by atoms with van der Waals surface area (Å²) in [6, 6.07) is 4.81. The first kappa shape index (κ1) is 8.84. The minimum Gasteiger partial charge on any atom is -0.291 e. The third kappa shape index (κ3) is 1.87. The fraction of sp³-hybridized carbons (Fsp3) is 0.222. The summed E-state index contributed by atoms with van der Waals surface area (Å²) in [6.07, 6.45) is -1.53. The van der Waals surface area contributed by atoms with Crippen LogP contribution in [0.2, 0.25) is 0 Å². The van der Waals surface area contributed by atoms with Crippen LogP contribution in [0.5, 0.6) is 0 Å². The summed E-state index contributed by atoms with van der Waals surface area (Å²) < 4.78 is 24.8. The zero-order chi connectivity index (χ0) is 9.14. The van der Waals surface area contributed by atoms with Crippen LogP contribution < -0.4 is 0 Å². The van der Waals surface area contributed by atoms with Crippen molar-refractivity contribution in [1.29, 1.82) is 0 Å². The number of alkyl halides is 1. The Hall–Kier alpha value is -1.25. The summed E-state index contributed by atoms with van der Waals surface area (Å²) in [5.41, 5.74) is 0.200. The fourth-order valence-electron chi connectivity index (χ4n) is 0.844. The molecule has 64 valence electrons. The normalized spacial score (nSPS) is 12.6. The second-order valence-corrected chi connectivity index (χ2v) is 2.49. The van der Waals surface area contributed by atoms with Crippen LogP contribution >= 0.6 is 0 Å². The number of rotatable bonds is 2. The van der Waals surface area contributed by atoms with Gasteiger partial charge in [0.15, 0.2) is 12.0 Å². The molecule has 0 spiro atoms. The minimum absolute atomic E-state index is 0.200. The Bertz CT molecular complexity index is 277. The Morgan fingerprint density at radius 2 is 1.83 bits per heavy atom. The maximum absolute atomic E-state index is 12.4. The van der Waals surface area contributed by atoms with E-state index in [4.69, 9.17) is 0 Å². The van der Waals surface area contributed by atoms with Gasteiger partial charge >= 0.3 is 0 Å². The Labute approximate surface area is 69.0 Å². The molecule has 0 amide bonds. The van der Waals surface area contributed by atoms with E-state index in [0.29, 0.717) is 0 Å². The summed E-state index contributed by atoms with van der Waals surface area (Å²) in [6.45, 7) is 1.16. The quantitative estimate of drug-likeness (QED) is 0.623. The van der Waals surface area contributed by atoms with Gasteiger partial charge in [-0.1, -0.05) is 0 Å². The maximum Gasteiger partial charge on any atom is 0.196 e. The standard InChI is InChI=1S/C9H8F2O/c1-6(10)9(12)7-2-4-8(11)5-3-7/h2-6H,1H3/t6-/m1/s1. The lowest BCUT2D eigenvalue weighted by Crippen LogP contribution is -2.11. The molecular formula is C9H8F2O. The number of hydrogen-bond donors (Lipinski definition) is 0. The molecule has 0 saturated heterocycles. The second kappa shape index (κ2) is 3.43. The molecule has 0 bridgehead atoms. The van der Waals surface area contributed by atoms with Gasteiger partial charge in [-0.2, -0.15) is 0 Å². The highest BCUT2D eigenvalue weighted by molar-refractivity contribution is 5.99. The van der Waals surface area contributed by atoms with Crippen molar-refractivity contribution < 1.29 is 13.6 Å². The van der Waals surface area contributed by atoms with Gasteiger partial charge in [-0.25, -0.2) is 8.78 Å². The molecule has 1 atom stereocenters. The molecule has 12 heavy (non-hydrogen) atoms. The zero-order valence-corrected chi connectivity index (χ0v) is 6.55. The zero-order valence-electron chi connectivity index (χ0n) is 6.55. The molecule has 0 aromatic heterocycles. The fourth-order valence-corrected chi connectivity index (χ4v) is 0.844. The predicted octanol–water partition coefficient (Wildman–Crippen LogP) is 2.37. The topological polar surface area (TPSA) is 17.1 Å². The van der Waals surface area contributed by atoms with Crippen LogP contribution in [0.4, 0.5) is 8.78 Å². The van der Waals surface area contributed by atoms with E-state index in [1.54, 1.807) is 0 Å². The first-order valence-electron chi connectivity index (χ1n) is 3.55. The largest absolute Gasteiger partial charge is 0.291 e. The average molecular weight is 170 g/mol. The Balaban J connectivity index is 2.90. The highest BCUT2D eigenvalue weighted by Gasteiger charge is 2.12. The van der Waals surface area contributed by atoms with Gasteiger partial charge < -0.3 is 0 Å². The van der Waals surface area contributed by atoms with Crippen molar-refractivity contribution in [3.05, 3.63) is 35.6 Å². The van der Waals surface area contributed by atoms with Crippen molar-refractivity contribution in [2.75, 3.05) is 0 Å².